The Morgan fingerprint density at radius 2 is 2.08 bits per heavy atom. The molecule has 3 rings (SSSR count). The smallest absolute Gasteiger partial charge is 0.342 e. The second-order valence-corrected chi connectivity index (χ2v) is 6.26. The summed E-state index contributed by atoms with van der Waals surface area (Å²) in [5.41, 5.74) is 0.752. The van der Waals surface area contributed by atoms with Crippen LogP contribution >= 0.6 is 22.6 Å². The number of rotatable bonds is 5. The molecule has 7 nitrogen and oxygen atoms in total. The minimum Gasteiger partial charge on any atom is -0.458 e. The molecule has 0 bridgehead atoms. The van der Waals surface area contributed by atoms with E-state index in [1.807, 2.05) is 24.3 Å². The van der Waals surface area contributed by atoms with E-state index in [0.717, 1.165) is 9.64 Å². The Kier molecular flexibility index (Phi) is 4.79. The summed E-state index contributed by atoms with van der Waals surface area (Å²) < 4.78 is 11.7. The Bertz CT molecular complexity index is 979. The molecule has 0 N–H and O–H groups in total. The zero-order chi connectivity index (χ0) is 18.0. The van der Waals surface area contributed by atoms with Gasteiger partial charge in [0.25, 0.3) is 5.69 Å². The average Bonchev–Trinajstić information content (AvgIpc) is 3.03. The molecule has 0 radical (unpaired) electrons. The van der Waals surface area contributed by atoms with Crippen molar-refractivity contribution in [2.75, 3.05) is 6.61 Å². The van der Waals surface area contributed by atoms with Crippen molar-refractivity contribution in [3.05, 3.63) is 68.3 Å². The molecule has 0 atom stereocenters. The van der Waals surface area contributed by atoms with E-state index >= 15 is 0 Å². The van der Waals surface area contributed by atoms with Crippen LogP contribution in [0.15, 0.2) is 53.5 Å². The first kappa shape index (κ1) is 17.1. The monoisotopic (exact) mass is 450 g/mol. The zero-order valence-corrected chi connectivity index (χ0v) is 14.9. The number of carbonyl (C=O) groups is 1. The second kappa shape index (κ2) is 7.01. The molecule has 0 aliphatic heterocycles. The summed E-state index contributed by atoms with van der Waals surface area (Å²) >= 11 is 2.17. The predicted molar refractivity (Wildman–Crippen MR) is 99.3 cm³/mol. The van der Waals surface area contributed by atoms with Crippen LogP contribution in [0.1, 0.15) is 10.4 Å². The van der Waals surface area contributed by atoms with Crippen molar-refractivity contribution in [1.29, 1.82) is 0 Å². The van der Waals surface area contributed by atoms with Crippen LogP contribution in [-0.2, 0) is 4.74 Å². The van der Waals surface area contributed by atoms with Gasteiger partial charge in [0, 0.05) is 21.3 Å². The van der Waals surface area contributed by atoms with Gasteiger partial charge in [-0.05, 0) is 46.9 Å². The Morgan fingerprint density at radius 1 is 1.36 bits per heavy atom. The lowest BCUT2D eigenvalue weighted by molar-refractivity contribution is -0.384. The maximum Gasteiger partial charge on any atom is 0.342 e. The molecule has 0 unspecified atom stereocenters. The summed E-state index contributed by atoms with van der Waals surface area (Å²) in [6.45, 7) is 3.45. The molecule has 0 aliphatic rings. The van der Waals surface area contributed by atoms with Gasteiger partial charge in [0.05, 0.1) is 4.92 Å². The lowest BCUT2D eigenvalue weighted by Gasteiger charge is -2.02. The number of fused-ring (bicyclic) bond motifs is 1. The van der Waals surface area contributed by atoms with Crippen LogP contribution in [0, 0.1) is 13.7 Å². The number of non-ortho nitro benzene ring substituents is 1. The fraction of sp³-hybridized carbons (Fsp3) is 0.0588. The van der Waals surface area contributed by atoms with E-state index in [2.05, 4.69) is 34.2 Å². The number of nitrogens with zero attached hydrogens (tertiary/aromatic N) is 2. The third-order valence-corrected chi connectivity index (χ3v) is 4.05. The second-order valence-electron chi connectivity index (χ2n) is 5.01. The molecule has 0 saturated heterocycles. The number of nitro benzene ring substituents is 1. The first-order valence-electron chi connectivity index (χ1n) is 7.12. The number of hydrogen-bond acceptors (Lipinski definition) is 6. The van der Waals surface area contributed by atoms with E-state index in [1.54, 1.807) is 0 Å². The number of oxazole rings is 1. The molecule has 1 heterocycles. The van der Waals surface area contributed by atoms with E-state index in [9.17, 15) is 14.9 Å². The summed E-state index contributed by atoms with van der Waals surface area (Å²) in [5.74, 6) is -0.469. The number of halogens is 1. The summed E-state index contributed by atoms with van der Waals surface area (Å²) in [6.07, 6.45) is 1.41. The SMILES string of the molecule is C=CCOC(=O)c1cc([N+](=O)[O-])cc2nc(-c3ccc(I)cc3)oc12. The van der Waals surface area contributed by atoms with E-state index in [0.29, 0.717) is 5.56 Å². The standard InChI is InChI=1S/C17H11IN2O5/c1-2-7-24-17(21)13-8-12(20(22)23)9-14-15(13)25-16(19-14)10-3-5-11(18)6-4-10/h2-6,8-9H,1,7H2. The van der Waals surface area contributed by atoms with Gasteiger partial charge in [0.15, 0.2) is 5.58 Å². The van der Waals surface area contributed by atoms with Crippen LogP contribution in [0.5, 0.6) is 0 Å². The number of carbonyl (C=O) groups excluding carboxylic acids is 1. The van der Waals surface area contributed by atoms with Gasteiger partial charge in [-0.3, -0.25) is 10.1 Å². The number of nitro groups is 1. The third-order valence-electron chi connectivity index (χ3n) is 3.33. The van der Waals surface area contributed by atoms with E-state index in [1.165, 1.54) is 12.1 Å². The normalized spacial score (nSPS) is 10.6. The molecular formula is C17H11IN2O5. The maximum absolute atomic E-state index is 12.2. The highest BCUT2D eigenvalue weighted by Crippen LogP contribution is 2.30. The van der Waals surface area contributed by atoms with E-state index in [-0.39, 0.29) is 34.8 Å². The Hall–Kier alpha value is -2.75. The number of esters is 1. The molecule has 0 aliphatic carbocycles. The molecule has 126 valence electrons. The van der Waals surface area contributed by atoms with Crippen LogP contribution in [0.2, 0.25) is 0 Å². The highest BCUT2D eigenvalue weighted by atomic mass is 127. The molecule has 2 aromatic carbocycles. The topological polar surface area (TPSA) is 95.5 Å². The van der Waals surface area contributed by atoms with E-state index in [4.69, 9.17) is 9.15 Å². The first-order chi connectivity index (χ1) is 12.0. The molecule has 0 amide bonds. The summed E-state index contributed by atoms with van der Waals surface area (Å²) in [6, 6.07) is 9.78. The molecular weight excluding hydrogens is 439 g/mol. The fourth-order valence-electron chi connectivity index (χ4n) is 2.20. The van der Waals surface area contributed by atoms with E-state index < -0.39 is 10.9 Å². The Labute approximate surface area is 155 Å². The molecule has 25 heavy (non-hydrogen) atoms. The van der Waals surface area contributed by atoms with Gasteiger partial charge in [-0.25, -0.2) is 9.78 Å². The largest absolute Gasteiger partial charge is 0.458 e. The molecule has 0 saturated carbocycles. The molecule has 1 aromatic heterocycles. The van der Waals surface area contributed by atoms with Crippen LogP contribution in [0.3, 0.4) is 0 Å². The summed E-state index contributed by atoms with van der Waals surface area (Å²) in [7, 11) is 0. The van der Waals surface area contributed by atoms with Gasteiger partial charge >= 0.3 is 5.97 Å². The summed E-state index contributed by atoms with van der Waals surface area (Å²) in [4.78, 5) is 27.0. The van der Waals surface area contributed by atoms with Gasteiger partial charge in [-0.15, -0.1) is 0 Å². The van der Waals surface area contributed by atoms with Gasteiger partial charge < -0.3 is 9.15 Å². The van der Waals surface area contributed by atoms with Crippen molar-refractivity contribution in [1.82, 2.24) is 4.98 Å². The van der Waals surface area contributed by atoms with Crippen molar-refractivity contribution in [2.24, 2.45) is 0 Å². The van der Waals surface area contributed by atoms with Crippen molar-refractivity contribution < 1.29 is 18.9 Å². The van der Waals surface area contributed by atoms with Gasteiger partial charge in [-0.2, -0.15) is 0 Å². The fourth-order valence-corrected chi connectivity index (χ4v) is 2.56. The molecule has 0 spiro atoms. The molecule has 0 fully saturated rings. The van der Waals surface area contributed by atoms with Gasteiger partial charge in [0.1, 0.15) is 17.7 Å². The number of benzene rings is 2. The van der Waals surface area contributed by atoms with Crippen molar-refractivity contribution in [2.45, 2.75) is 0 Å². The maximum atomic E-state index is 12.2. The first-order valence-corrected chi connectivity index (χ1v) is 8.20. The quantitative estimate of drug-likeness (QED) is 0.189. The Balaban J connectivity index is 2.15. The average molecular weight is 450 g/mol. The number of aromatic nitrogens is 1. The molecule has 3 aromatic rings. The third kappa shape index (κ3) is 3.53. The number of ether oxygens (including phenoxy) is 1. The number of hydrogen-bond donors (Lipinski definition) is 0. The van der Waals surface area contributed by atoms with Crippen molar-refractivity contribution >= 4 is 45.3 Å². The van der Waals surface area contributed by atoms with Gasteiger partial charge in [-0.1, -0.05) is 12.7 Å². The lowest BCUT2D eigenvalue weighted by Crippen LogP contribution is -2.06. The lowest BCUT2D eigenvalue weighted by atomic mass is 10.1. The summed E-state index contributed by atoms with van der Waals surface area (Å²) in [5, 5.41) is 11.1. The predicted octanol–water partition coefficient (Wildman–Crippen LogP) is 4.35. The minimum atomic E-state index is -0.737. The zero-order valence-electron chi connectivity index (χ0n) is 12.8. The van der Waals surface area contributed by atoms with Crippen LogP contribution in [0.25, 0.3) is 22.6 Å². The Morgan fingerprint density at radius 3 is 2.72 bits per heavy atom. The van der Waals surface area contributed by atoms with Crippen LogP contribution in [0.4, 0.5) is 5.69 Å². The van der Waals surface area contributed by atoms with Crippen LogP contribution in [-0.4, -0.2) is 22.5 Å². The highest BCUT2D eigenvalue weighted by molar-refractivity contribution is 14.1. The van der Waals surface area contributed by atoms with Crippen LogP contribution < -0.4 is 0 Å². The highest BCUT2D eigenvalue weighted by Gasteiger charge is 2.22. The van der Waals surface area contributed by atoms with Gasteiger partial charge in [0.2, 0.25) is 5.89 Å². The van der Waals surface area contributed by atoms with Crippen molar-refractivity contribution in [3.63, 3.8) is 0 Å². The van der Waals surface area contributed by atoms with Crippen molar-refractivity contribution in [3.8, 4) is 11.5 Å². The molecule has 8 heteroatoms. The minimum absolute atomic E-state index is 0.0128.